The molecule has 8 heteroatoms. The molecule has 0 unspecified atom stereocenters. The number of halogens is 1. The van der Waals surface area contributed by atoms with Gasteiger partial charge in [-0.1, -0.05) is 23.7 Å². The van der Waals surface area contributed by atoms with E-state index in [1.54, 1.807) is 43.5 Å². The van der Waals surface area contributed by atoms with Crippen molar-refractivity contribution in [1.29, 1.82) is 0 Å². The van der Waals surface area contributed by atoms with Gasteiger partial charge >= 0.3 is 11.9 Å². The van der Waals surface area contributed by atoms with Crippen LogP contribution in [0.5, 0.6) is 0 Å². The number of carbonyl (C=O) groups excluding carboxylic acids is 2. The second-order valence-electron chi connectivity index (χ2n) is 6.11. The maximum Gasteiger partial charge on any atom is 0.342 e. The second-order valence-corrected chi connectivity index (χ2v) is 7.43. The van der Waals surface area contributed by atoms with E-state index in [0.29, 0.717) is 15.6 Å². The molecule has 1 heterocycles. The average molecular weight is 410 g/mol. The minimum Gasteiger partial charge on any atom is -0.481 e. The van der Waals surface area contributed by atoms with E-state index in [2.05, 4.69) is 5.32 Å². The molecule has 27 heavy (non-hydrogen) atoms. The van der Waals surface area contributed by atoms with Gasteiger partial charge in [0.2, 0.25) is 5.91 Å². The molecule has 0 fully saturated rings. The van der Waals surface area contributed by atoms with Gasteiger partial charge < -0.3 is 15.2 Å². The Bertz CT molecular complexity index is 829. The molecular weight excluding hydrogens is 390 g/mol. The van der Waals surface area contributed by atoms with E-state index in [1.165, 1.54) is 11.3 Å². The molecule has 0 saturated heterocycles. The maximum atomic E-state index is 12.6. The quantitative estimate of drug-likeness (QED) is 0.609. The van der Waals surface area contributed by atoms with Gasteiger partial charge in [0, 0.05) is 28.8 Å². The predicted octanol–water partition coefficient (Wildman–Crippen LogP) is 4.83. The number of rotatable bonds is 8. The van der Waals surface area contributed by atoms with Crippen molar-refractivity contribution in [2.45, 2.75) is 39.2 Å². The largest absolute Gasteiger partial charge is 0.481 e. The van der Waals surface area contributed by atoms with Crippen LogP contribution in [0, 0.1) is 0 Å². The first-order valence-electron chi connectivity index (χ1n) is 8.38. The summed E-state index contributed by atoms with van der Waals surface area (Å²) in [5.41, 5.74) is 1.70. The summed E-state index contributed by atoms with van der Waals surface area (Å²) in [6, 6.07) is 7.01. The Kier molecular flexibility index (Phi) is 7.38. The third kappa shape index (κ3) is 6.08. The van der Waals surface area contributed by atoms with Crippen LogP contribution in [0.4, 0.5) is 5.00 Å². The number of benzene rings is 1. The van der Waals surface area contributed by atoms with E-state index < -0.39 is 11.9 Å². The van der Waals surface area contributed by atoms with Crippen LogP contribution in [0.15, 0.2) is 29.6 Å². The van der Waals surface area contributed by atoms with Crippen molar-refractivity contribution in [2.24, 2.45) is 0 Å². The molecule has 0 bridgehead atoms. The van der Waals surface area contributed by atoms with Crippen molar-refractivity contribution in [3.8, 4) is 11.1 Å². The summed E-state index contributed by atoms with van der Waals surface area (Å²) in [5.74, 6) is -1.83. The zero-order chi connectivity index (χ0) is 20.0. The number of thiophene rings is 1. The number of carbonyl (C=O) groups is 3. The van der Waals surface area contributed by atoms with Crippen molar-refractivity contribution in [2.75, 3.05) is 5.32 Å². The number of nitrogens with one attached hydrogen (secondary N) is 1. The smallest absolute Gasteiger partial charge is 0.342 e. The Morgan fingerprint density at radius 3 is 2.44 bits per heavy atom. The number of esters is 1. The van der Waals surface area contributed by atoms with E-state index in [4.69, 9.17) is 21.4 Å². The minimum atomic E-state index is -0.954. The third-order valence-corrected chi connectivity index (χ3v) is 4.69. The third-order valence-electron chi connectivity index (χ3n) is 3.54. The molecule has 2 N–H and O–H groups in total. The van der Waals surface area contributed by atoms with Gasteiger partial charge in [-0.05, 0) is 38.0 Å². The molecule has 1 amide bonds. The number of anilines is 1. The highest BCUT2D eigenvalue weighted by Gasteiger charge is 2.23. The Labute approximate surface area is 166 Å². The normalized spacial score (nSPS) is 10.7. The Morgan fingerprint density at radius 2 is 1.85 bits per heavy atom. The van der Waals surface area contributed by atoms with Crippen LogP contribution in [0.2, 0.25) is 5.02 Å². The van der Waals surface area contributed by atoms with Crippen molar-refractivity contribution in [3.05, 3.63) is 40.2 Å². The van der Waals surface area contributed by atoms with E-state index in [1.807, 2.05) is 0 Å². The summed E-state index contributed by atoms with van der Waals surface area (Å²) < 4.78 is 5.33. The molecule has 2 rings (SSSR count). The molecule has 6 nitrogen and oxygen atoms in total. The molecule has 0 aliphatic carbocycles. The Hall–Kier alpha value is -2.38. The monoisotopic (exact) mass is 409 g/mol. The van der Waals surface area contributed by atoms with Gasteiger partial charge in [0.25, 0.3) is 0 Å². The molecule has 1 aromatic heterocycles. The summed E-state index contributed by atoms with van der Waals surface area (Å²) in [5, 5.41) is 14.1. The summed E-state index contributed by atoms with van der Waals surface area (Å²) in [6.45, 7) is 3.49. The number of hydrogen-bond acceptors (Lipinski definition) is 5. The van der Waals surface area contributed by atoms with Gasteiger partial charge in [0.15, 0.2) is 0 Å². The minimum absolute atomic E-state index is 0.0547. The zero-order valence-corrected chi connectivity index (χ0v) is 16.5. The first-order valence-corrected chi connectivity index (χ1v) is 9.63. The molecule has 0 atom stereocenters. The van der Waals surface area contributed by atoms with E-state index >= 15 is 0 Å². The molecule has 144 valence electrons. The van der Waals surface area contributed by atoms with Crippen molar-refractivity contribution >= 4 is 45.8 Å². The molecule has 1 aromatic carbocycles. The number of aliphatic carboxylic acids is 1. The van der Waals surface area contributed by atoms with Crippen LogP contribution < -0.4 is 5.32 Å². The van der Waals surface area contributed by atoms with Gasteiger partial charge in [-0.15, -0.1) is 11.3 Å². The van der Waals surface area contributed by atoms with E-state index in [9.17, 15) is 14.4 Å². The van der Waals surface area contributed by atoms with Crippen LogP contribution >= 0.6 is 22.9 Å². The lowest BCUT2D eigenvalue weighted by atomic mass is 10.0. The van der Waals surface area contributed by atoms with Crippen molar-refractivity contribution in [3.63, 3.8) is 0 Å². The van der Waals surface area contributed by atoms with Crippen LogP contribution in [-0.2, 0) is 14.3 Å². The number of carboxylic acid groups (broad SMARTS) is 1. The molecule has 0 aliphatic heterocycles. The molecule has 0 aliphatic rings. The van der Waals surface area contributed by atoms with Gasteiger partial charge in [0.05, 0.1) is 6.10 Å². The molecule has 0 spiro atoms. The van der Waals surface area contributed by atoms with Crippen LogP contribution in [-0.4, -0.2) is 29.1 Å². The molecule has 2 aromatic rings. The highest BCUT2D eigenvalue weighted by molar-refractivity contribution is 7.15. The fourth-order valence-corrected chi connectivity index (χ4v) is 3.46. The lowest BCUT2D eigenvalue weighted by Gasteiger charge is -2.11. The molecule has 0 radical (unpaired) electrons. The maximum absolute atomic E-state index is 12.6. The number of carboxylic acids is 1. The SMILES string of the molecule is CC(C)OC(=O)c1c(-c2ccc(Cl)cc2)csc1NC(=O)CCCC(=O)O. The van der Waals surface area contributed by atoms with Gasteiger partial charge in [-0.3, -0.25) is 9.59 Å². The fraction of sp³-hybridized carbons (Fsp3) is 0.316. The first-order chi connectivity index (χ1) is 12.8. The van der Waals surface area contributed by atoms with E-state index in [-0.39, 0.29) is 36.8 Å². The lowest BCUT2D eigenvalue weighted by molar-refractivity contribution is -0.137. The summed E-state index contributed by atoms with van der Waals surface area (Å²) in [6.07, 6.45) is -0.118. The topological polar surface area (TPSA) is 92.7 Å². The fourth-order valence-electron chi connectivity index (χ4n) is 2.36. The van der Waals surface area contributed by atoms with Crippen molar-refractivity contribution < 1.29 is 24.2 Å². The Morgan fingerprint density at radius 1 is 1.19 bits per heavy atom. The van der Waals surface area contributed by atoms with Crippen LogP contribution in [0.25, 0.3) is 11.1 Å². The van der Waals surface area contributed by atoms with Crippen molar-refractivity contribution in [1.82, 2.24) is 0 Å². The highest BCUT2D eigenvalue weighted by Crippen LogP contribution is 2.37. The predicted molar refractivity (Wildman–Crippen MR) is 105 cm³/mol. The number of ether oxygens (including phenoxy) is 1. The van der Waals surface area contributed by atoms with Crippen LogP contribution in [0.3, 0.4) is 0 Å². The van der Waals surface area contributed by atoms with E-state index in [0.717, 1.165) is 5.56 Å². The Balaban J connectivity index is 2.28. The molecule has 0 saturated carbocycles. The zero-order valence-electron chi connectivity index (χ0n) is 15.0. The highest BCUT2D eigenvalue weighted by atomic mass is 35.5. The summed E-state index contributed by atoms with van der Waals surface area (Å²) in [7, 11) is 0. The van der Waals surface area contributed by atoms with Gasteiger partial charge in [0.1, 0.15) is 10.6 Å². The van der Waals surface area contributed by atoms with Gasteiger partial charge in [-0.25, -0.2) is 4.79 Å². The summed E-state index contributed by atoms with van der Waals surface area (Å²) in [4.78, 5) is 35.3. The summed E-state index contributed by atoms with van der Waals surface area (Å²) >= 11 is 7.14. The number of amides is 1. The standard InChI is InChI=1S/C19H20ClNO5S/c1-11(2)26-19(25)17-14(12-6-8-13(20)9-7-12)10-27-18(17)21-15(22)4-3-5-16(23)24/h6-11H,3-5H2,1-2H3,(H,21,22)(H,23,24). The lowest BCUT2D eigenvalue weighted by Crippen LogP contribution is -2.16. The molecular formula is C19H20ClNO5S. The second kappa shape index (κ2) is 9.53. The average Bonchev–Trinajstić information content (AvgIpc) is 2.98. The first kappa shape index (κ1) is 20.9. The van der Waals surface area contributed by atoms with Crippen LogP contribution in [0.1, 0.15) is 43.5 Å². The van der Waals surface area contributed by atoms with Gasteiger partial charge in [-0.2, -0.15) is 0 Å². The number of hydrogen-bond donors (Lipinski definition) is 2.